The Labute approximate surface area is 108 Å². The van der Waals surface area contributed by atoms with Crippen molar-refractivity contribution in [2.75, 3.05) is 6.54 Å². The summed E-state index contributed by atoms with van der Waals surface area (Å²) in [6.07, 6.45) is 2.99. The van der Waals surface area contributed by atoms with Crippen molar-refractivity contribution in [2.45, 2.75) is 0 Å². The van der Waals surface area contributed by atoms with Gasteiger partial charge in [0.05, 0.1) is 6.26 Å². The second-order valence-corrected chi connectivity index (χ2v) is 3.72. The fourth-order valence-corrected chi connectivity index (χ4v) is 1.63. The van der Waals surface area contributed by atoms with Crippen LogP contribution in [-0.2, 0) is 0 Å². The number of hydrogen-bond acceptors (Lipinski definition) is 4. The summed E-state index contributed by atoms with van der Waals surface area (Å²) in [7, 11) is 0. The number of aliphatic hydroxyl groups is 1. The SMILES string of the molecule is O=C(NCC=CO)c1c[n+]([O-])c2ccccc2[n+]1[O-]. The molecule has 1 aromatic carbocycles. The number of benzene rings is 1. The van der Waals surface area contributed by atoms with E-state index >= 15 is 0 Å². The van der Waals surface area contributed by atoms with Crippen LogP contribution in [0.25, 0.3) is 11.0 Å². The van der Waals surface area contributed by atoms with Gasteiger partial charge in [-0.2, -0.15) is 4.73 Å². The van der Waals surface area contributed by atoms with E-state index in [0.29, 0.717) is 9.46 Å². The lowest BCUT2D eigenvalue weighted by molar-refractivity contribution is -0.630. The molecular weight excluding hydrogens is 250 g/mol. The molecule has 0 fully saturated rings. The zero-order chi connectivity index (χ0) is 13.8. The molecule has 0 saturated carbocycles. The number of nitrogens with zero attached hydrogens (tertiary/aromatic N) is 2. The van der Waals surface area contributed by atoms with Crippen molar-refractivity contribution in [2.24, 2.45) is 0 Å². The minimum atomic E-state index is -0.691. The van der Waals surface area contributed by atoms with Crippen molar-refractivity contribution < 1.29 is 19.4 Å². The van der Waals surface area contributed by atoms with Gasteiger partial charge in [-0.1, -0.05) is 12.1 Å². The van der Waals surface area contributed by atoms with Crippen molar-refractivity contribution in [1.82, 2.24) is 5.32 Å². The van der Waals surface area contributed by atoms with Crippen LogP contribution >= 0.6 is 0 Å². The topological polar surface area (TPSA) is 103 Å². The van der Waals surface area contributed by atoms with E-state index in [2.05, 4.69) is 5.32 Å². The minimum Gasteiger partial charge on any atom is -0.618 e. The Morgan fingerprint density at radius 3 is 2.68 bits per heavy atom. The highest BCUT2D eigenvalue weighted by Crippen LogP contribution is 2.04. The normalized spacial score (nSPS) is 10.9. The summed E-state index contributed by atoms with van der Waals surface area (Å²) in [4.78, 5) is 11.7. The molecule has 2 aromatic rings. The number of carbonyl (C=O) groups excluding carboxylic acids is 1. The van der Waals surface area contributed by atoms with Gasteiger partial charge in [-0.15, -0.1) is 4.73 Å². The molecule has 0 aliphatic carbocycles. The lowest BCUT2D eigenvalue weighted by atomic mass is 10.3. The number of para-hydroxylation sites is 2. The Hall–Kier alpha value is -2.83. The number of aromatic nitrogens is 2. The maximum absolute atomic E-state index is 12.0. The van der Waals surface area contributed by atoms with Crippen molar-refractivity contribution in [3.05, 3.63) is 58.9 Å². The van der Waals surface area contributed by atoms with Gasteiger partial charge < -0.3 is 20.8 Å². The number of carbonyl (C=O) groups is 1. The molecule has 2 rings (SSSR count). The summed E-state index contributed by atoms with van der Waals surface area (Å²) in [6.45, 7) is 0.0566. The molecule has 0 unspecified atom stereocenters. The maximum Gasteiger partial charge on any atom is 0.347 e. The molecule has 1 amide bonds. The molecule has 7 heteroatoms. The van der Waals surface area contributed by atoms with E-state index < -0.39 is 5.91 Å². The molecule has 0 radical (unpaired) electrons. The van der Waals surface area contributed by atoms with Crippen LogP contribution in [0.1, 0.15) is 10.5 Å². The molecule has 0 saturated heterocycles. The Balaban J connectivity index is 2.44. The largest absolute Gasteiger partial charge is 0.618 e. The standard InChI is InChI=1S/C12H11N3O4/c16-7-3-6-13-12(17)11-8-14(18)9-4-1-2-5-10(9)15(11)19/h1-5,7-8,16H,6H2,(H,13,17). The van der Waals surface area contributed by atoms with Crippen LogP contribution in [0.3, 0.4) is 0 Å². The van der Waals surface area contributed by atoms with Crippen molar-refractivity contribution in [3.8, 4) is 0 Å². The predicted molar refractivity (Wildman–Crippen MR) is 66.0 cm³/mol. The van der Waals surface area contributed by atoms with Gasteiger partial charge >= 0.3 is 11.6 Å². The number of aliphatic hydroxyl groups excluding tert-OH is 1. The molecule has 1 aromatic heterocycles. The van der Waals surface area contributed by atoms with Crippen LogP contribution in [0.15, 0.2) is 42.8 Å². The number of nitrogens with one attached hydrogen (secondary N) is 1. The molecule has 0 spiro atoms. The lowest BCUT2D eigenvalue weighted by Gasteiger charge is -2.07. The Morgan fingerprint density at radius 1 is 1.32 bits per heavy atom. The van der Waals surface area contributed by atoms with E-state index in [1.165, 1.54) is 18.2 Å². The lowest BCUT2D eigenvalue weighted by Crippen LogP contribution is -2.46. The summed E-state index contributed by atoms with van der Waals surface area (Å²) in [5.74, 6) is -0.691. The van der Waals surface area contributed by atoms with Gasteiger partial charge in [0.25, 0.3) is 17.2 Å². The molecule has 0 aliphatic rings. The average Bonchev–Trinajstić information content (AvgIpc) is 2.43. The second-order valence-electron chi connectivity index (χ2n) is 3.72. The van der Waals surface area contributed by atoms with Crippen LogP contribution < -0.4 is 14.8 Å². The average molecular weight is 261 g/mol. The third-order valence-corrected chi connectivity index (χ3v) is 2.51. The molecule has 2 N–H and O–H groups in total. The molecule has 0 aliphatic heterocycles. The van der Waals surface area contributed by atoms with E-state index in [4.69, 9.17) is 5.11 Å². The third kappa shape index (κ3) is 2.39. The van der Waals surface area contributed by atoms with Gasteiger partial charge in [0.15, 0.2) is 0 Å². The van der Waals surface area contributed by atoms with E-state index in [1.807, 2.05) is 0 Å². The van der Waals surface area contributed by atoms with Crippen LogP contribution in [0, 0.1) is 10.4 Å². The van der Waals surface area contributed by atoms with E-state index in [0.717, 1.165) is 12.5 Å². The fraction of sp³-hybridized carbons (Fsp3) is 0.0833. The van der Waals surface area contributed by atoms with Crippen molar-refractivity contribution in [1.29, 1.82) is 0 Å². The van der Waals surface area contributed by atoms with Crippen molar-refractivity contribution >= 4 is 16.9 Å². The first-order valence-electron chi connectivity index (χ1n) is 5.47. The zero-order valence-corrected chi connectivity index (χ0v) is 9.81. The summed E-state index contributed by atoms with van der Waals surface area (Å²) in [5.41, 5.74) is -0.00723. The third-order valence-electron chi connectivity index (χ3n) is 2.51. The minimum absolute atomic E-state index is 0.0566. The highest BCUT2D eigenvalue weighted by molar-refractivity contribution is 5.91. The second kappa shape index (κ2) is 5.21. The predicted octanol–water partition coefficient (Wildman–Crippen LogP) is -0.0919. The van der Waals surface area contributed by atoms with Gasteiger partial charge in [0.2, 0.25) is 0 Å². The Kier molecular flexibility index (Phi) is 3.46. The van der Waals surface area contributed by atoms with Crippen LogP contribution in [0.5, 0.6) is 0 Å². The Bertz CT molecular complexity index is 655. The number of amides is 1. The smallest absolute Gasteiger partial charge is 0.347 e. The molecule has 19 heavy (non-hydrogen) atoms. The summed E-state index contributed by atoms with van der Waals surface area (Å²) < 4.78 is 0.877. The van der Waals surface area contributed by atoms with E-state index in [1.54, 1.807) is 12.1 Å². The zero-order valence-electron chi connectivity index (χ0n) is 9.81. The highest BCUT2D eigenvalue weighted by atomic mass is 16.5. The van der Waals surface area contributed by atoms with E-state index in [-0.39, 0.29) is 23.3 Å². The quantitative estimate of drug-likeness (QED) is 0.457. The first-order valence-corrected chi connectivity index (χ1v) is 5.47. The van der Waals surface area contributed by atoms with Crippen LogP contribution in [0.2, 0.25) is 0 Å². The fourth-order valence-electron chi connectivity index (χ4n) is 1.63. The number of fused-ring (bicyclic) bond motifs is 1. The van der Waals surface area contributed by atoms with Crippen LogP contribution in [0.4, 0.5) is 0 Å². The summed E-state index contributed by atoms with van der Waals surface area (Å²) >= 11 is 0. The molecule has 1 heterocycles. The van der Waals surface area contributed by atoms with Crippen LogP contribution in [-0.4, -0.2) is 17.6 Å². The molecular formula is C12H11N3O4. The highest BCUT2D eigenvalue weighted by Gasteiger charge is 2.24. The monoisotopic (exact) mass is 261 g/mol. The molecule has 98 valence electrons. The first kappa shape index (κ1) is 12.6. The van der Waals surface area contributed by atoms with Gasteiger partial charge in [-0.3, -0.25) is 4.79 Å². The summed E-state index contributed by atoms with van der Waals surface area (Å²) in [5, 5.41) is 34.5. The summed E-state index contributed by atoms with van der Waals surface area (Å²) in [6, 6.07) is 6.18. The Morgan fingerprint density at radius 2 is 2.00 bits per heavy atom. The van der Waals surface area contributed by atoms with E-state index in [9.17, 15) is 15.2 Å². The van der Waals surface area contributed by atoms with Gasteiger partial charge in [-0.25, -0.2) is 0 Å². The van der Waals surface area contributed by atoms with Gasteiger partial charge in [-0.05, 0) is 6.08 Å². The number of hydrogen-bond donors (Lipinski definition) is 2. The maximum atomic E-state index is 12.0. The first-order chi connectivity index (χ1) is 9.15. The van der Waals surface area contributed by atoms with Gasteiger partial charge in [0.1, 0.15) is 0 Å². The number of rotatable bonds is 3. The molecule has 7 nitrogen and oxygen atoms in total. The van der Waals surface area contributed by atoms with Crippen molar-refractivity contribution in [3.63, 3.8) is 0 Å². The van der Waals surface area contributed by atoms with Gasteiger partial charge in [0, 0.05) is 18.7 Å². The molecule has 0 atom stereocenters. The molecule has 0 bridgehead atoms.